The van der Waals surface area contributed by atoms with Gasteiger partial charge in [0.1, 0.15) is 11.6 Å². The van der Waals surface area contributed by atoms with Gasteiger partial charge in [-0.25, -0.2) is 8.78 Å². The molecule has 1 aliphatic carbocycles. The fraction of sp³-hybridized carbons (Fsp3) is 0.538. The maximum absolute atomic E-state index is 13.6. The van der Waals surface area contributed by atoms with Crippen LogP contribution in [0.5, 0.6) is 0 Å². The number of benzene rings is 1. The van der Waals surface area contributed by atoms with Crippen LogP contribution in [-0.4, -0.2) is 13.1 Å². The highest BCUT2D eigenvalue weighted by Crippen LogP contribution is 2.45. The fourth-order valence-corrected chi connectivity index (χ4v) is 2.77. The SMILES string of the molecule is CCC1C(NC)CC1c1ccc(F)cc1F. The molecule has 1 saturated carbocycles. The standard InChI is InChI=1S/C13H17F2N/c1-3-9-11(7-13(9)16-2)10-5-4-8(14)6-12(10)15/h4-6,9,11,13,16H,3,7H2,1-2H3. The lowest BCUT2D eigenvalue weighted by Crippen LogP contribution is -2.47. The Labute approximate surface area is 94.9 Å². The minimum Gasteiger partial charge on any atom is -0.317 e. The predicted molar refractivity (Wildman–Crippen MR) is 60.3 cm³/mol. The van der Waals surface area contributed by atoms with Gasteiger partial charge in [-0.05, 0) is 36.9 Å². The van der Waals surface area contributed by atoms with Crippen molar-refractivity contribution in [3.8, 4) is 0 Å². The van der Waals surface area contributed by atoms with Crippen LogP contribution in [0.25, 0.3) is 0 Å². The summed E-state index contributed by atoms with van der Waals surface area (Å²) in [5.74, 6) is -0.204. The predicted octanol–water partition coefficient (Wildman–Crippen LogP) is 3.07. The van der Waals surface area contributed by atoms with Crippen molar-refractivity contribution in [1.29, 1.82) is 0 Å². The summed E-state index contributed by atoms with van der Waals surface area (Å²) in [6.45, 7) is 2.11. The molecule has 1 aromatic rings. The molecule has 1 aliphatic rings. The second-order valence-electron chi connectivity index (χ2n) is 4.48. The molecular formula is C13H17F2N. The van der Waals surface area contributed by atoms with E-state index in [1.54, 1.807) is 6.07 Å². The van der Waals surface area contributed by atoms with Gasteiger partial charge in [0.25, 0.3) is 0 Å². The van der Waals surface area contributed by atoms with Crippen molar-refractivity contribution in [2.45, 2.75) is 31.7 Å². The highest BCUT2D eigenvalue weighted by Gasteiger charge is 2.40. The lowest BCUT2D eigenvalue weighted by atomic mass is 9.65. The van der Waals surface area contributed by atoms with Crippen molar-refractivity contribution in [3.63, 3.8) is 0 Å². The van der Waals surface area contributed by atoms with E-state index in [1.165, 1.54) is 6.07 Å². The van der Waals surface area contributed by atoms with Crippen LogP contribution in [0.2, 0.25) is 0 Å². The zero-order valence-corrected chi connectivity index (χ0v) is 9.63. The normalized spacial score (nSPS) is 28.9. The summed E-state index contributed by atoms with van der Waals surface area (Å²) in [6, 6.07) is 4.38. The van der Waals surface area contributed by atoms with Gasteiger partial charge in [-0.1, -0.05) is 19.4 Å². The van der Waals surface area contributed by atoms with E-state index in [1.807, 2.05) is 7.05 Å². The Balaban J connectivity index is 2.19. The minimum absolute atomic E-state index is 0.239. The van der Waals surface area contributed by atoms with Crippen molar-refractivity contribution in [2.24, 2.45) is 5.92 Å². The van der Waals surface area contributed by atoms with Crippen LogP contribution in [0.15, 0.2) is 18.2 Å². The average Bonchev–Trinajstić information content (AvgIpc) is 2.21. The summed E-state index contributed by atoms with van der Waals surface area (Å²) in [6.07, 6.45) is 1.96. The largest absolute Gasteiger partial charge is 0.317 e. The molecule has 3 heteroatoms. The van der Waals surface area contributed by atoms with Crippen molar-refractivity contribution in [1.82, 2.24) is 5.32 Å². The monoisotopic (exact) mass is 225 g/mol. The van der Waals surface area contributed by atoms with Gasteiger partial charge >= 0.3 is 0 Å². The van der Waals surface area contributed by atoms with Crippen molar-refractivity contribution in [2.75, 3.05) is 7.05 Å². The van der Waals surface area contributed by atoms with Gasteiger partial charge < -0.3 is 5.32 Å². The molecule has 2 rings (SSSR count). The highest BCUT2D eigenvalue weighted by molar-refractivity contribution is 5.27. The minimum atomic E-state index is -0.501. The summed E-state index contributed by atoms with van der Waals surface area (Å²) < 4.78 is 26.4. The maximum Gasteiger partial charge on any atom is 0.129 e. The molecule has 0 amide bonds. The van der Waals surface area contributed by atoms with Gasteiger partial charge in [-0.2, -0.15) is 0 Å². The number of halogens is 2. The fourth-order valence-electron chi connectivity index (χ4n) is 2.77. The van der Waals surface area contributed by atoms with Gasteiger partial charge in [-0.3, -0.25) is 0 Å². The molecule has 0 spiro atoms. The van der Waals surface area contributed by atoms with Crippen LogP contribution >= 0.6 is 0 Å². The van der Waals surface area contributed by atoms with E-state index >= 15 is 0 Å². The molecule has 88 valence electrons. The second-order valence-corrected chi connectivity index (χ2v) is 4.48. The average molecular weight is 225 g/mol. The Hall–Kier alpha value is -0.960. The first-order chi connectivity index (χ1) is 7.67. The molecule has 16 heavy (non-hydrogen) atoms. The lowest BCUT2D eigenvalue weighted by Gasteiger charge is -2.45. The first kappa shape index (κ1) is 11.5. The molecule has 0 radical (unpaired) electrons. The maximum atomic E-state index is 13.6. The van der Waals surface area contributed by atoms with E-state index in [0.29, 0.717) is 17.5 Å². The zero-order chi connectivity index (χ0) is 11.7. The van der Waals surface area contributed by atoms with Crippen molar-refractivity contribution in [3.05, 3.63) is 35.4 Å². The number of hydrogen-bond acceptors (Lipinski definition) is 1. The van der Waals surface area contributed by atoms with Crippen LogP contribution in [-0.2, 0) is 0 Å². The molecular weight excluding hydrogens is 208 g/mol. The highest BCUT2D eigenvalue weighted by atomic mass is 19.1. The first-order valence-electron chi connectivity index (χ1n) is 5.79. The number of rotatable bonds is 3. The Morgan fingerprint density at radius 1 is 1.38 bits per heavy atom. The summed E-state index contributed by atoms with van der Waals surface area (Å²) in [4.78, 5) is 0. The molecule has 3 atom stereocenters. The molecule has 3 unspecified atom stereocenters. The smallest absolute Gasteiger partial charge is 0.129 e. The van der Waals surface area contributed by atoms with E-state index in [2.05, 4.69) is 12.2 Å². The topological polar surface area (TPSA) is 12.0 Å². The van der Waals surface area contributed by atoms with Gasteiger partial charge in [0.05, 0.1) is 0 Å². The third-order valence-corrected chi connectivity index (χ3v) is 3.75. The molecule has 0 saturated heterocycles. The van der Waals surface area contributed by atoms with Crippen molar-refractivity contribution >= 4 is 0 Å². The summed E-state index contributed by atoms with van der Waals surface area (Å²) in [5, 5.41) is 3.24. The zero-order valence-electron chi connectivity index (χ0n) is 9.63. The third-order valence-electron chi connectivity index (χ3n) is 3.75. The third kappa shape index (κ3) is 1.84. The Morgan fingerprint density at radius 2 is 2.12 bits per heavy atom. The van der Waals surface area contributed by atoms with E-state index in [0.717, 1.165) is 18.9 Å². The number of hydrogen-bond donors (Lipinski definition) is 1. The van der Waals surface area contributed by atoms with Crippen LogP contribution in [0.4, 0.5) is 8.78 Å². The van der Waals surface area contributed by atoms with Gasteiger partial charge in [-0.15, -0.1) is 0 Å². The van der Waals surface area contributed by atoms with E-state index in [9.17, 15) is 8.78 Å². The Morgan fingerprint density at radius 3 is 2.69 bits per heavy atom. The first-order valence-corrected chi connectivity index (χ1v) is 5.79. The molecule has 1 fully saturated rings. The summed E-state index contributed by atoms with van der Waals surface area (Å²) >= 11 is 0. The molecule has 0 heterocycles. The Bertz CT molecular complexity index is 378. The lowest BCUT2D eigenvalue weighted by molar-refractivity contribution is 0.165. The Kier molecular flexibility index (Phi) is 3.24. The molecule has 1 aromatic carbocycles. The second kappa shape index (κ2) is 4.50. The van der Waals surface area contributed by atoms with Gasteiger partial charge in [0.2, 0.25) is 0 Å². The molecule has 1 nitrogen and oxygen atoms in total. The van der Waals surface area contributed by atoms with Crippen LogP contribution < -0.4 is 5.32 Å². The van der Waals surface area contributed by atoms with Crippen LogP contribution in [0, 0.1) is 17.6 Å². The van der Waals surface area contributed by atoms with Crippen molar-refractivity contribution < 1.29 is 8.78 Å². The van der Waals surface area contributed by atoms with Gasteiger partial charge in [0.15, 0.2) is 0 Å². The molecule has 0 aromatic heterocycles. The van der Waals surface area contributed by atoms with E-state index in [4.69, 9.17) is 0 Å². The molecule has 0 aliphatic heterocycles. The summed E-state index contributed by atoms with van der Waals surface area (Å²) in [5.41, 5.74) is 0.666. The van der Waals surface area contributed by atoms with E-state index in [-0.39, 0.29) is 5.92 Å². The molecule has 0 bridgehead atoms. The molecule has 1 N–H and O–H groups in total. The number of nitrogens with one attached hydrogen (secondary N) is 1. The summed E-state index contributed by atoms with van der Waals surface area (Å²) in [7, 11) is 1.94. The van der Waals surface area contributed by atoms with Crippen LogP contribution in [0.3, 0.4) is 0 Å². The quantitative estimate of drug-likeness (QED) is 0.833. The van der Waals surface area contributed by atoms with Crippen LogP contribution in [0.1, 0.15) is 31.2 Å². The van der Waals surface area contributed by atoms with E-state index < -0.39 is 11.6 Å². The van der Waals surface area contributed by atoms with Gasteiger partial charge in [0, 0.05) is 12.1 Å².